The van der Waals surface area contributed by atoms with Gasteiger partial charge in [0.25, 0.3) is 0 Å². The number of hydrogen-bond acceptors (Lipinski definition) is 3. The van der Waals surface area contributed by atoms with Crippen LogP contribution in [0, 0.1) is 23.4 Å². The molecule has 1 atom stereocenters. The summed E-state index contributed by atoms with van der Waals surface area (Å²) in [5.74, 6) is -4.34. The third kappa shape index (κ3) is 4.98. The molecule has 0 spiro atoms. The predicted molar refractivity (Wildman–Crippen MR) is 71.6 cm³/mol. The Morgan fingerprint density at radius 2 is 1.76 bits per heavy atom. The highest BCUT2D eigenvalue weighted by Crippen LogP contribution is 2.19. The molecule has 0 heterocycles. The molecular formula is C13H18F3NO3S. The smallest absolute Gasteiger partial charge is 0.243 e. The van der Waals surface area contributed by atoms with E-state index in [-0.39, 0.29) is 25.1 Å². The molecule has 0 saturated carbocycles. The molecule has 2 N–H and O–H groups in total. The van der Waals surface area contributed by atoms with Gasteiger partial charge in [-0.3, -0.25) is 0 Å². The quantitative estimate of drug-likeness (QED) is 0.720. The van der Waals surface area contributed by atoms with Crippen molar-refractivity contribution in [2.24, 2.45) is 5.92 Å². The maximum absolute atomic E-state index is 13.5. The van der Waals surface area contributed by atoms with E-state index in [2.05, 4.69) is 4.72 Å². The molecule has 1 unspecified atom stereocenters. The van der Waals surface area contributed by atoms with E-state index in [4.69, 9.17) is 5.11 Å². The summed E-state index contributed by atoms with van der Waals surface area (Å²) in [6.07, 6.45) is 1.88. The summed E-state index contributed by atoms with van der Waals surface area (Å²) in [5, 5.41) is 8.89. The number of benzene rings is 1. The second-order valence-corrected chi connectivity index (χ2v) is 6.45. The average Bonchev–Trinajstić information content (AvgIpc) is 2.40. The van der Waals surface area contributed by atoms with Crippen LogP contribution in [0.1, 0.15) is 26.2 Å². The van der Waals surface area contributed by atoms with E-state index in [0.717, 1.165) is 6.42 Å². The molecule has 21 heavy (non-hydrogen) atoms. The zero-order valence-corrected chi connectivity index (χ0v) is 12.4. The summed E-state index contributed by atoms with van der Waals surface area (Å²) in [5.41, 5.74) is 0. The van der Waals surface area contributed by atoms with Crippen molar-refractivity contribution in [3.8, 4) is 0 Å². The zero-order valence-electron chi connectivity index (χ0n) is 11.6. The standard InChI is InChI=1S/C13H18F3NO3S/c1-2-3-9(4-5-18)8-17-21(19,20)13-7-11(15)10(14)6-12(13)16/h6-7,9,17-18H,2-5,8H2,1H3. The Labute approximate surface area is 122 Å². The topological polar surface area (TPSA) is 66.4 Å². The molecule has 8 heteroatoms. The van der Waals surface area contributed by atoms with Crippen molar-refractivity contribution in [3.63, 3.8) is 0 Å². The lowest BCUT2D eigenvalue weighted by atomic mass is 10.0. The zero-order chi connectivity index (χ0) is 16.0. The number of rotatable bonds is 8. The van der Waals surface area contributed by atoms with Crippen LogP contribution in [0.15, 0.2) is 17.0 Å². The fraction of sp³-hybridized carbons (Fsp3) is 0.538. The van der Waals surface area contributed by atoms with Gasteiger partial charge in [-0.25, -0.2) is 26.3 Å². The van der Waals surface area contributed by atoms with Crippen LogP contribution in [0.2, 0.25) is 0 Å². The Morgan fingerprint density at radius 1 is 1.14 bits per heavy atom. The number of sulfonamides is 1. The van der Waals surface area contributed by atoms with Crippen LogP contribution in [-0.2, 0) is 10.0 Å². The molecule has 0 aliphatic carbocycles. The Morgan fingerprint density at radius 3 is 2.33 bits per heavy atom. The van der Waals surface area contributed by atoms with E-state index in [1.165, 1.54) is 0 Å². The van der Waals surface area contributed by atoms with Crippen LogP contribution in [0.3, 0.4) is 0 Å². The molecule has 0 aliphatic heterocycles. The lowest BCUT2D eigenvalue weighted by Gasteiger charge is -2.16. The van der Waals surface area contributed by atoms with Gasteiger partial charge in [-0.05, 0) is 24.8 Å². The summed E-state index contributed by atoms with van der Waals surface area (Å²) in [6, 6.07) is 0.509. The molecule has 120 valence electrons. The van der Waals surface area contributed by atoms with E-state index >= 15 is 0 Å². The Kier molecular flexibility index (Phi) is 6.63. The highest BCUT2D eigenvalue weighted by Gasteiger charge is 2.23. The van der Waals surface area contributed by atoms with E-state index < -0.39 is 32.4 Å². The number of aliphatic hydroxyl groups is 1. The van der Waals surface area contributed by atoms with Crippen LogP contribution in [0.25, 0.3) is 0 Å². The second kappa shape index (κ2) is 7.77. The molecule has 1 aromatic rings. The van der Waals surface area contributed by atoms with Crippen LogP contribution < -0.4 is 4.72 Å². The largest absolute Gasteiger partial charge is 0.396 e. The minimum Gasteiger partial charge on any atom is -0.396 e. The summed E-state index contributed by atoms with van der Waals surface area (Å²) in [4.78, 5) is -0.930. The van der Waals surface area contributed by atoms with Gasteiger partial charge in [-0.2, -0.15) is 0 Å². The normalized spacial score (nSPS) is 13.4. The van der Waals surface area contributed by atoms with Crippen LogP contribution >= 0.6 is 0 Å². The Hall–Kier alpha value is -1.12. The number of nitrogens with one attached hydrogen (secondary N) is 1. The summed E-state index contributed by atoms with van der Waals surface area (Å²) in [7, 11) is -4.28. The van der Waals surface area contributed by atoms with Crippen molar-refractivity contribution in [1.29, 1.82) is 0 Å². The Bertz CT molecular complexity index is 572. The number of hydrogen-bond donors (Lipinski definition) is 2. The van der Waals surface area contributed by atoms with E-state index in [9.17, 15) is 21.6 Å². The summed E-state index contributed by atoms with van der Waals surface area (Å²) < 4.78 is 65.4. The SMILES string of the molecule is CCCC(CCO)CNS(=O)(=O)c1cc(F)c(F)cc1F. The van der Waals surface area contributed by atoms with Gasteiger partial charge in [-0.1, -0.05) is 13.3 Å². The molecule has 0 radical (unpaired) electrons. The van der Waals surface area contributed by atoms with Gasteiger partial charge < -0.3 is 5.11 Å². The minimum atomic E-state index is -4.28. The van der Waals surface area contributed by atoms with Crippen molar-refractivity contribution in [1.82, 2.24) is 4.72 Å². The van der Waals surface area contributed by atoms with Gasteiger partial charge in [-0.15, -0.1) is 0 Å². The number of halogens is 3. The first kappa shape index (κ1) is 17.9. The molecule has 1 rings (SSSR count). The average molecular weight is 325 g/mol. The van der Waals surface area contributed by atoms with Crippen molar-refractivity contribution in [3.05, 3.63) is 29.6 Å². The van der Waals surface area contributed by atoms with Crippen LogP contribution in [0.4, 0.5) is 13.2 Å². The molecule has 0 fully saturated rings. The van der Waals surface area contributed by atoms with Gasteiger partial charge >= 0.3 is 0 Å². The van der Waals surface area contributed by atoms with E-state index in [0.29, 0.717) is 18.9 Å². The second-order valence-electron chi connectivity index (χ2n) is 4.72. The van der Waals surface area contributed by atoms with Crippen LogP contribution in [-0.4, -0.2) is 26.7 Å². The highest BCUT2D eigenvalue weighted by atomic mass is 32.2. The molecule has 0 saturated heterocycles. The summed E-state index contributed by atoms with van der Waals surface area (Å²) >= 11 is 0. The van der Waals surface area contributed by atoms with Gasteiger partial charge in [0.2, 0.25) is 10.0 Å². The van der Waals surface area contributed by atoms with Crippen molar-refractivity contribution in [2.45, 2.75) is 31.1 Å². The molecule has 0 bridgehead atoms. The van der Waals surface area contributed by atoms with Crippen molar-refractivity contribution >= 4 is 10.0 Å². The van der Waals surface area contributed by atoms with Gasteiger partial charge in [0, 0.05) is 19.2 Å². The van der Waals surface area contributed by atoms with Crippen molar-refractivity contribution < 1.29 is 26.7 Å². The maximum atomic E-state index is 13.5. The first-order chi connectivity index (χ1) is 9.81. The molecule has 0 aromatic heterocycles. The lowest BCUT2D eigenvalue weighted by Crippen LogP contribution is -2.30. The monoisotopic (exact) mass is 325 g/mol. The van der Waals surface area contributed by atoms with E-state index in [1.807, 2.05) is 6.92 Å². The Balaban J connectivity index is 2.89. The maximum Gasteiger partial charge on any atom is 0.243 e. The van der Waals surface area contributed by atoms with E-state index in [1.54, 1.807) is 0 Å². The highest BCUT2D eigenvalue weighted by molar-refractivity contribution is 7.89. The third-order valence-corrected chi connectivity index (χ3v) is 4.50. The fourth-order valence-corrected chi connectivity index (χ4v) is 3.14. The van der Waals surface area contributed by atoms with Crippen molar-refractivity contribution in [2.75, 3.05) is 13.2 Å². The lowest BCUT2D eigenvalue weighted by molar-refractivity contribution is 0.251. The molecule has 0 aliphatic rings. The fourth-order valence-electron chi connectivity index (χ4n) is 1.95. The third-order valence-electron chi connectivity index (χ3n) is 3.06. The first-order valence-electron chi connectivity index (χ1n) is 6.56. The first-order valence-corrected chi connectivity index (χ1v) is 8.05. The van der Waals surface area contributed by atoms with Gasteiger partial charge in [0.05, 0.1) is 0 Å². The molecular weight excluding hydrogens is 307 g/mol. The number of aliphatic hydroxyl groups excluding tert-OH is 1. The summed E-state index contributed by atoms with van der Waals surface area (Å²) in [6.45, 7) is 1.81. The molecule has 4 nitrogen and oxygen atoms in total. The molecule has 1 aromatic carbocycles. The van der Waals surface area contributed by atoms with Gasteiger partial charge in [0.15, 0.2) is 11.6 Å². The molecule has 0 amide bonds. The minimum absolute atomic E-state index is 0.00479. The predicted octanol–water partition coefficient (Wildman–Crippen LogP) is 2.18. The van der Waals surface area contributed by atoms with Crippen LogP contribution in [0.5, 0.6) is 0 Å². The van der Waals surface area contributed by atoms with Gasteiger partial charge in [0.1, 0.15) is 10.7 Å².